The molecule has 1 aromatic heterocycles. The maximum Gasteiger partial charge on any atom is 0.328 e. The second-order valence-corrected chi connectivity index (χ2v) is 5.96. The molecule has 24 heavy (non-hydrogen) atoms. The third-order valence-electron chi connectivity index (χ3n) is 3.46. The van der Waals surface area contributed by atoms with Crippen LogP contribution >= 0.6 is 23.2 Å². The van der Waals surface area contributed by atoms with Crippen molar-refractivity contribution in [3.8, 4) is 0 Å². The minimum atomic E-state index is -1.07. The smallest absolute Gasteiger partial charge is 0.328 e. The van der Waals surface area contributed by atoms with Gasteiger partial charge >= 0.3 is 5.97 Å². The number of rotatable bonds is 4. The number of hydrogen-bond donors (Lipinski definition) is 1. The Morgan fingerprint density at radius 1 is 1.25 bits per heavy atom. The van der Waals surface area contributed by atoms with Crippen LogP contribution in [-0.4, -0.2) is 20.9 Å². The third kappa shape index (κ3) is 3.42. The van der Waals surface area contributed by atoms with E-state index in [-0.39, 0.29) is 0 Å². The van der Waals surface area contributed by atoms with Gasteiger partial charge in [-0.2, -0.15) is 5.10 Å². The molecule has 1 heterocycles. The van der Waals surface area contributed by atoms with Crippen molar-refractivity contribution in [1.29, 1.82) is 0 Å². The first-order valence-corrected chi connectivity index (χ1v) is 7.70. The molecule has 0 atom stereocenters. The van der Waals surface area contributed by atoms with Crippen LogP contribution in [0.2, 0.25) is 10.0 Å². The van der Waals surface area contributed by atoms with Gasteiger partial charge in [-0.25, -0.2) is 9.18 Å². The normalized spacial score (nSPS) is 11.5. The highest BCUT2D eigenvalue weighted by molar-refractivity contribution is 6.31. The van der Waals surface area contributed by atoms with Crippen molar-refractivity contribution >= 4 is 46.2 Å². The molecule has 0 aliphatic rings. The lowest BCUT2D eigenvalue weighted by molar-refractivity contribution is -0.131. The molecule has 1 N–H and O–H groups in total. The van der Waals surface area contributed by atoms with Gasteiger partial charge in [0.1, 0.15) is 5.82 Å². The van der Waals surface area contributed by atoms with Crippen LogP contribution in [0.4, 0.5) is 4.39 Å². The van der Waals surface area contributed by atoms with Gasteiger partial charge < -0.3 is 5.11 Å². The lowest BCUT2D eigenvalue weighted by Crippen LogP contribution is -2.02. The van der Waals surface area contributed by atoms with Gasteiger partial charge in [-0.15, -0.1) is 0 Å². The maximum absolute atomic E-state index is 13.2. The lowest BCUT2D eigenvalue weighted by Gasteiger charge is -2.06. The fourth-order valence-corrected chi connectivity index (χ4v) is 2.78. The number of nitrogens with zero attached hydrogens (tertiary/aromatic N) is 2. The highest BCUT2D eigenvalue weighted by Crippen LogP contribution is 2.26. The van der Waals surface area contributed by atoms with Crippen LogP contribution < -0.4 is 0 Å². The molecule has 2 aromatic carbocycles. The third-order valence-corrected chi connectivity index (χ3v) is 4.05. The summed E-state index contributed by atoms with van der Waals surface area (Å²) in [6.07, 6.45) is 2.42. The van der Waals surface area contributed by atoms with Crippen LogP contribution in [0, 0.1) is 5.82 Å². The van der Waals surface area contributed by atoms with Crippen molar-refractivity contribution in [2.24, 2.45) is 0 Å². The number of halogens is 3. The first-order valence-electron chi connectivity index (χ1n) is 6.95. The Hall–Kier alpha value is -2.37. The van der Waals surface area contributed by atoms with E-state index in [1.54, 1.807) is 28.9 Å². The highest BCUT2D eigenvalue weighted by Gasteiger charge is 2.11. The molecule has 0 saturated carbocycles. The Balaban J connectivity index is 2.09. The SMILES string of the molecule is O=C(O)C=Cc1nn(Cc2ccc(F)cc2Cl)c2ccc(Cl)cc12. The molecule has 0 aliphatic heterocycles. The van der Waals surface area contributed by atoms with Crippen LogP contribution in [0.3, 0.4) is 0 Å². The van der Waals surface area contributed by atoms with E-state index in [0.29, 0.717) is 27.8 Å². The van der Waals surface area contributed by atoms with Crippen LogP contribution in [0.15, 0.2) is 42.5 Å². The second-order valence-electron chi connectivity index (χ2n) is 5.11. The average Bonchev–Trinajstić information content (AvgIpc) is 2.85. The van der Waals surface area contributed by atoms with Crippen LogP contribution in [0.25, 0.3) is 17.0 Å². The van der Waals surface area contributed by atoms with E-state index in [9.17, 15) is 9.18 Å². The van der Waals surface area contributed by atoms with Gasteiger partial charge in [-0.05, 0) is 42.0 Å². The van der Waals surface area contributed by atoms with Gasteiger partial charge in [0, 0.05) is 21.5 Å². The van der Waals surface area contributed by atoms with Crippen molar-refractivity contribution in [3.05, 3.63) is 69.6 Å². The quantitative estimate of drug-likeness (QED) is 0.686. The zero-order valence-corrected chi connectivity index (χ0v) is 13.7. The van der Waals surface area contributed by atoms with Gasteiger partial charge in [0.2, 0.25) is 0 Å². The molecule has 3 rings (SSSR count). The Morgan fingerprint density at radius 2 is 2.04 bits per heavy atom. The van der Waals surface area contributed by atoms with Crippen molar-refractivity contribution in [1.82, 2.24) is 9.78 Å². The summed E-state index contributed by atoms with van der Waals surface area (Å²) >= 11 is 12.1. The predicted octanol–water partition coefficient (Wildman–Crippen LogP) is 4.63. The van der Waals surface area contributed by atoms with Crippen molar-refractivity contribution < 1.29 is 14.3 Å². The molecule has 0 radical (unpaired) electrons. The zero-order valence-electron chi connectivity index (χ0n) is 12.2. The molecule has 0 saturated heterocycles. The number of hydrogen-bond acceptors (Lipinski definition) is 2. The summed E-state index contributed by atoms with van der Waals surface area (Å²) in [6, 6.07) is 9.39. The van der Waals surface area contributed by atoms with Crippen LogP contribution in [0.1, 0.15) is 11.3 Å². The van der Waals surface area contributed by atoms with Gasteiger partial charge in [0.15, 0.2) is 0 Å². The summed E-state index contributed by atoms with van der Waals surface area (Å²) in [6.45, 7) is 0.318. The summed E-state index contributed by atoms with van der Waals surface area (Å²) in [7, 11) is 0. The second kappa shape index (κ2) is 6.63. The van der Waals surface area contributed by atoms with Crippen molar-refractivity contribution in [2.45, 2.75) is 6.54 Å². The van der Waals surface area contributed by atoms with Crippen molar-refractivity contribution in [3.63, 3.8) is 0 Å². The monoisotopic (exact) mass is 364 g/mol. The maximum atomic E-state index is 13.2. The minimum absolute atomic E-state index is 0.301. The van der Waals surface area contributed by atoms with E-state index in [1.807, 2.05) is 0 Å². The molecule has 0 unspecified atom stereocenters. The summed E-state index contributed by atoms with van der Waals surface area (Å²) in [5.41, 5.74) is 1.95. The Morgan fingerprint density at radius 3 is 2.75 bits per heavy atom. The number of carboxylic acids is 1. The topological polar surface area (TPSA) is 55.1 Å². The number of aromatic nitrogens is 2. The van der Waals surface area contributed by atoms with E-state index in [4.69, 9.17) is 28.3 Å². The largest absolute Gasteiger partial charge is 0.478 e. The molecule has 122 valence electrons. The fraction of sp³-hybridized carbons (Fsp3) is 0.0588. The molecular weight excluding hydrogens is 354 g/mol. The lowest BCUT2D eigenvalue weighted by atomic mass is 10.2. The summed E-state index contributed by atoms with van der Waals surface area (Å²) < 4.78 is 14.9. The number of carbonyl (C=O) groups is 1. The van der Waals surface area contributed by atoms with Gasteiger partial charge in [-0.3, -0.25) is 4.68 Å². The summed E-state index contributed by atoms with van der Waals surface area (Å²) in [4.78, 5) is 10.7. The molecule has 0 bridgehead atoms. The van der Waals surface area contributed by atoms with Gasteiger partial charge in [0.25, 0.3) is 0 Å². The zero-order chi connectivity index (χ0) is 17.3. The number of aliphatic carboxylic acids is 1. The van der Waals surface area contributed by atoms with E-state index < -0.39 is 11.8 Å². The molecule has 7 heteroatoms. The fourth-order valence-electron chi connectivity index (χ4n) is 2.38. The first-order chi connectivity index (χ1) is 11.4. The average molecular weight is 365 g/mol. The number of benzene rings is 2. The Bertz CT molecular complexity index is 967. The summed E-state index contributed by atoms with van der Waals surface area (Å²) in [5, 5.41) is 14.8. The molecule has 4 nitrogen and oxygen atoms in total. The standard InChI is InChI=1S/C17H11Cl2FN2O2/c18-11-2-5-16-13(7-11)15(4-6-17(23)24)21-22(16)9-10-1-3-12(20)8-14(10)19/h1-8H,9H2,(H,23,24). The van der Waals surface area contributed by atoms with Crippen molar-refractivity contribution in [2.75, 3.05) is 0 Å². The minimum Gasteiger partial charge on any atom is -0.478 e. The predicted molar refractivity (Wildman–Crippen MR) is 91.9 cm³/mol. The van der Waals surface area contributed by atoms with Gasteiger partial charge in [0.05, 0.1) is 17.8 Å². The Kier molecular flexibility index (Phi) is 4.55. The van der Waals surface area contributed by atoms with Crippen LogP contribution in [0.5, 0.6) is 0 Å². The summed E-state index contributed by atoms with van der Waals surface area (Å²) in [5.74, 6) is -1.48. The number of fused-ring (bicyclic) bond motifs is 1. The number of carboxylic acid groups (broad SMARTS) is 1. The highest BCUT2D eigenvalue weighted by atomic mass is 35.5. The molecule has 0 amide bonds. The van der Waals surface area contributed by atoms with E-state index in [2.05, 4.69) is 5.10 Å². The molecule has 0 spiro atoms. The molecule has 0 fully saturated rings. The molecule has 3 aromatic rings. The van der Waals surface area contributed by atoms with E-state index in [0.717, 1.165) is 17.0 Å². The Labute approximate surface area is 146 Å². The molecular formula is C17H11Cl2FN2O2. The van der Waals surface area contributed by atoms with Gasteiger partial charge in [-0.1, -0.05) is 29.3 Å². The van der Waals surface area contributed by atoms with E-state index in [1.165, 1.54) is 18.2 Å². The van der Waals surface area contributed by atoms with Crippen LogP contribution in [-0.2, 0) is 11.3 Å². The van der Waals surface area contributed by atoms with E-state index >= 15 is 0 Å². The first kappa shape index (κ1) is 16.5. The molecule has 0 aliphatic carbocycles.